The molecule has 6 heteroatoms. The number of halogens is 1. The lowest BCUT2D eigenvalue weighted by Gasteiger charge is -2.15. The molecule has 1 unspecified atom stereocenters. The molecule has 0 aromatic rings. The summed E-state index contributed by atoms with van der Waals surface area (Å²) in [4.78, 5) is 15.8. The Morgan fingerprint density at radius 3 is 2.58 bits per heavy atom. The first-order valence-corrected chi connectivity index (χ1v) is 9.94. The van der Waals surface area contributed by atoms with E-state index in [2.05, 4.69) is 58.1 Å². The molecule has 0 heterocycles. The summed E-state index contributed by atoms with van der Waals surface area (Å²) in [6.45, 7) is 11.3. The second-order valence-electron chi connectivity index (χ2n) is 6.22. The Balaban J connectivity index is 2.78. The summed E-state index contributed by atoms with van der Waals surface area (Å²) in [5.41, 5.74) is 7.43. The SMILES string of the molecule is C=C(CCC(CI)C(=C)/N=C(N)/C(=C/C=C/C1CC1)C(=C)O)C(=O)OC. The van der Waals surface area contributed by atoms with E-state index >= 15 is 0 Å². The van der Waals surface area contributed by atoms with Crippen molar-refractivity contribution in [1.82, 2.24) is 0 Å². The fraction of sp³-hybridized carbons (Fsp3) is 0.400. The molecule has 1 saturated carbocycles. The van der Waals surface area contributed by atoms with Crippen LogP contribution in [0.3, 0.4) is 0 Å². The van der Waals surface area contributed by atoms with E-state index < -0.39 is 5.97 Å². The molecule has 26 heavy (non-hydrogen) atoms. The van der Waals surface area contributed by atoms with Gasteiger partial charge in [-0.1, -0.05) is 54.5 Å². The van der Waals surface area contributed by atoms with E-state index in [1.807, 2.05) is 6.08 Å². The molecule has 0 amide bonds. The van der Waals surface area contributed by atoms with Crippen molar-refractivity contribution in [2.24, 2.45) is 22.6 Å². The van der Waals surface area contributed by atoms with E-state index in [1.165, 1.54) is 20.0 Å². The highest BCUT2D eigenvalue weighted by molar-refractivity contribution is 14.1. The summed E-state index contributed by atoms with van der Waals surface area (Å²) in [7, 11) is 1.33. The Labute approximate surface area is 169 Å². The minimum atomic E-state index is -0.407. The predicted octanol–water partition coefficient (Wildman–Crippen LogP) is 4.38. The van der Waals surface area contributed by atoms with Crippen LogP contribution in [0.15, 0.2) is 65.6 Å². The maximum atomic E-state index is 11.4. The Kier molecular flexibility index (Phi) is 9.40. The molecule has 0 aromatic carbocycles. The Bertz CT molecular complexity index is 658. The average Bonchev–Trinajstić information content (AvgIpc) is 3.41. The van der Waals surface area contributed by atoms with Gasteiger partial charge < -0.3 is 15.6 Å². The Morgan fingerprint density at radius 1 is 1.42 bits per heavy atom. The molecule has 1 fully saturated rings. The number of aliphatic hydroxyl groups excluding tert-OH is 1. The van der Waals surface area contributed by atoms with Gasteiger partial charge in [0.2, 0.25) is 0 Å². The van der Waals surface area contributed by atoms with Gasteiger partial charge in [0.25, 0.3) is 0 Å². The molecular weight excluding hydrogens is 443 g/mol. The van der Waals surface area contributed by atoms with E-state index in [9.17, 15) is 9.90 Å². The van der Waals surface area contributed by atoms with Gasteiger partial charge in [-0.05, 0) is 37.7 Å². The van der Waals surface area contributed by atoms with Gasteiger partial charge in [0.05, 0.1) is 12.7 Å². The van der Waals surface area contributed by atoms with Gasteiger partial charge in [-0.2, -0.15) is 0 Å². The second-order valence-corrected chi connectivity index (χ2v) is 7.10. The molecule has 5 nitrogen and oxygen atoms in total. The van der Waals surface area contributed by atoms with Crippen LogP contribution in [0.2, 0.25) is 0 Å². The number of ether oxygens (including phenoxy) is 1. The van der Waals surface area contributed by atoms with Crippen LogP contribution in [0.1, 0.15) is 25.7 Å². The van der Waals surface area contributed by atoms with Gasteiger partial charge in [0.15, 0.2) is 0 Å². The minimum Gasteiger partial charge on any atom is -0.508 e. The van der Waals surface area contributed by atoms with Crippen LogP contribution < -0.4 is 5.73 Å². The highest BCUT2D eigenvalue weighted by atomic mass is 127. The van der Waals surface area contributed by atoms with Crippen molar-refractivity contribution in [1.29, 1.82) is 0 Å². The number of allylic oxidation sites excluding steroid dienone is 4. The van der Waals surface area contributed by atoms with Gasteiger partial charge in [0.1, 0.15) is 11.6 Å². The van der Waals surface area contributed by atoms with Crippen LogP contribution in [0.25, 0.3) is 0 Å². The molecule has 1 rings (SSSR count). The molecule has 1 aliphatic carbocycles. The van der Waals surface area contributed by atoms with Crippen molar-refractivity contribution in [2.75, 3.05) is 11.5 Å². The number of carbonyl (C=O) groups is 1. The number of rotatable bonds is 11. The van der Waals surface area contributed by atoms with Gasteiger partial charge in [-0.25, -0.2) is 9.79 Å². The number of aliphatic imine (C=N–C) groups is 1. The summed E-state index contributed by atoms with van der Waals surface area (Å²) in [5.74, 6) is 0.286. The van der Waals surface area contributed by atoms with Crippen LogP contribution in [0.4, 0.5) is 0 Å². The smallest absolute Gasteiger partial charge is 0.333 e. The van der Waals surface area contributed by atoms with Crippen LogP contribution in [0.5, 0.6) is 0 Å². The number of hydrogen-bond acceptors (Lipinski definition) is 4. The number of nitrogens with zero attached hydrogens (tertiary/aromatic N) is 1. The molecule has 1 atom stereocenters. The molecule has 0 radical (unpaired) electrons. The standard InChI is InChI=1S/C20H27IN2O3/c1-13(20(25)26-4)8-11-17(12-21)14(2)23-19(22)18(15(3)24)7-5-6-16-9-10-16/h5-7,16-17,24H,1-3,8-12H2,4H3,(H2,22,23)/b6-5+,18-7+. The number of alkyl halides is 1. The number of hydrogen-bond donors (Lipinski definition) is 2. The normalized spacial score (nSPS) is 16.4. The Hall–Kier alpha value is -1.83. The number of carbonyl (C=O) groups excluding carboxylic acids is 1. The van der Waals surface area contributed by atoms with Gasteiger partial charge in [-0.15, -0.1) is 0 Å². The van der Waals surface area contributed by atoms with Gasteiger partial charge in [-0.3, -0.25) is 0 Å². The fourth-order valence-corrected chi connectivity index (χ4v) is 3.11. The summed E-state index contributed by atoms with van der Waals surface area (Å²) >= 11 is 2.24. The van der Waals surface area contributed by atoms with Crippen LogP contribution in [-0.2, 0) is 9.53 Å². The molecular formula is C20H27IN2O3. The van der Waals surface area contributed by atoms with Crippen LogP contribution in [-0.4, -0.2) is 28.4 Å². The van der Waals surface area contributed by atoms with E-state index in [1.54, 1.807) is 6.08 Å². The van der Waals surface area contributed by atoms with E-state index in [0.29, 0.717) is 35.6 Å². The number of methoxy groups -OCH3 is 1. The lowest BCUT2D eigenvalue weighted by molar-refractivity contribution is -0.136. The monoisotopic (exact) mass is 470 g/mol. The number of amidine groups is 1. The molecule has 142 valence electrons. The third kappa shape index (κ3) is 7.59. The quantitative estimate of drug-likeness (QED) is 0.0686. The molecule has 3 N–H and O–H groups in total. The highest BCUT2D eigenvalue weighted by Crippen LogP contribution is 2.30. The lowest BCUT2D eigenvalue weighted by Crippen LogP contribution is -2.18. The summed E-state index contributed by atoms with van der Waals surface area (Å²) in [6.07, 6.45) is 9.22. The number of aliphatic hydroxyl groups is 1. The zero-order valence-electron chi connectivity index (χ0n) is 15.2. The molecule has 1 aliphatic rings. The molecule has 0 aliphatic heterocycles. The van der Waals surface area contributed by atoms with Crippen molar-refractivity contribution in [3.05, 3.63) is 60.6 Å². The summed E-state index contributed by atoms with van der Waals surface area (Å²) in [5, 5.41) is 9.78. The maximum Gasteiger partial charge on any atom is 0.333 e. The van der Waals surface area contributed by atoms with Crippen molar-refractivity contribution in [3.8, 4) is 0 Å². The predicted molar refractivity (Wildman–Crippen MR) is 115 cm³/mol. The summed E-state index contributed by atoms with van der Waals surface area (Å²) < 4.78 is 5.42. The lowest BCUT2D eigenvalue weighted by atomic mass is 9.99. The molecule has 0 spiro atoms. The van der Waals surface area contributed by atoms with E-state index in [-0.39, 0.29) is 17.5 Å². The second kappa shape index (κ2) is 11.0. The third-order valence-corrected chi connectivity index (χ3v) is 5.11. The zero-order valence-corrected chi connectivity index (χ0v) is 17.4. The van der Waals surface area contributed by atoms with Crippen molar-refractivity contribution in [3.63, 3.8) is 0 Å². The van der Waals surface area contributed by atoms with Crippen molar-refractivity contribution in [2.45, 2.75) is 25.7 Å². The largest absolute Gasteiger partial charge is 0.508 e. The highest BCUT2D eigenvalue weighted by Gasteiger charge is 2.17. The van der Waals surface area contributed by atoms with Crippen LogP contribution in [0, 0.1) is 11.8 Å². The summed E-state index contributed by atoms with van der Waals surface area (Å²) in [6, 6.07) is 0. The maximum absolute atomic E-state index is 11.4. The molecule has 0 saturated heterocycles. The van der Waals surface area contributed by atoms with E-state index in [4.69, 9.17) is 5.73 Å². The van der Waals surface area contributed by atoms with Gasteiger partial charge >= 0.3 is 5.97 Å². The molecule has 0 aromatic heterocycles. The topological polar surface area (TPSA) is 84.9 Å². The first kappa shape index (κ1) is 22.2. The van der Waals surface area contributed by atoms with Gasteiger partial charge in [0, 0.05) is 21.6 Å². The molecule has 0 bridgehead atoms. The number of nitrogens with two attached hydrogens (primary N) is 1. The third-order valence-electron chi connectivity index (χ3n) is 4.05. The van der Waals surface area contributed by atoms with E-state index in [0.717, 1.165) is 4.43 Å². The fourth-order valence-electron chi connectivity index (χ4n) is 2.16. The number of esters is 1. The Morgan fingerprint density at radius 2 is 2.08 bits per heavy atom. The minimum absolute atomic E-state index is 0.0331. The van der Waals surface area contributed by atoms with Crippen LogP contribution >= 0.6 is 22.6 Å². The van der Waals surface area contributed by atoms with Crippen molar-refractivity contribution < 1.29 is 14.6 Å². The zero-order chi connectivity index (χ0) is 19.7. The first-order chi connectivity index (χ1) is 12.3. The first-order valence-electron chi connectivity index (χ1n) is 8.42. The average molecular weight is 470 g/mol. The van der Waals surface area contributed by atoms with Crippen molar-refractivity contribution >= 4 is 34.4 Å².